The number of nitrogens with zero attached hydrogens (tertiary/aromatic N) is 1. The fourth-order valence-electron chi connectivity index (χ4n) is 3.65. The third kappa shape index (κ3) is 4.35. The number of hydrogen-bond donors (Lipinski definition) is 1. The van der Waals surface area contributed by atoms with Crippen molar-refractivity contribution in [1.82, 2.24) is 10.2 Å². The van der Waals surface area contributed by atoms with Crippen molar-refractivity contribution in [2.24, 2.45) is 11.8 Å². The highest BCUT2D eigenvalue weighted by Gasteiger charge is 2.48. The molecule has 8 heteroatoms. The number of halogens is 3. The molecule has 1 aliphatic heterocycles. The van der Waals surface area contributed by atoms with Gasteiger partial charge in [-0.05, 0) is 31.0 Å². The first kappa shape index (κ1) is 19.9. The van der Waals surface area contributed by atoms with Crippen molar-refractivity contribution < 1.29 is 27.6 Å². The third-order valence-corrected chi connectivity index (χ3v) is 5.03. The van der Waals surface area contributed by atoms with E-state index in [2.05, 4.69) is 17.2 Å². The van der Waals surface area contributed by atoms with E-state index in [4.69, 9.17) is 0 Å². The Morgan fingerprint density at radius 2 is 1.79 bits per heavy atom. The number of fused-ring (bicyclic) bond motifs is 1. The number of amides is 3. The summed E-state index contributed by atoms with van der Waals surface area (Å²) in [4.78, 5) is 37.7. The Bertz CT molecular complexity index is 830. The van der Waals surface area contributed by atoms with Gasteiger partial charge in [0.2, 0.25) is 17.7 Å². The van der Waals surface area contributed by atoms with Gasteiger partial charge in [0.1, 0.15) is 6.54 Å². The average Bonchev–Trinajstić information content (AvgIpc) is 2.90. The van der Waals surface area contributed by atoms with E-state index < -0.39 is 17.6 Å². The molecule has 5 nitrogen and oxygen atoms in total. The van der Waals surface area contributed by atoms with Crippen molar-refractivity contribution in [1.29, 1.82) is 0 Å². The van der Waals surface area contributed by atoms with E-state index in [1.807, 2.05) is 0 Å². The number of hydrogen-bond acceptors (Lipinski definition) is 3. The largest absolute Gasteiger partial charge is 0.416 e. The Morgan fingerprint density at radius 3 is 2.39 bits per heavy atom. The van der Waals surface area contributed by atoms with Crippen LogP contribution in [0.5, 0.6) is 0 Å². The monoisotopic (exact) mass is 392 g/mol. The molecule has 1 aliphatic carbocycles. The minimum absolute atomic E-state index is 0.0991. The number of nitrogens with one attached hydrogen (secondary N) is 1. The molecule has 1 aromatic rings. The molecule has 28 heavy (non-hydrogen) atoms. The molecule has 3 rings (SSSR count). The van der Waals surface area contributed by atoms with Crippen LogP contribution >= 0.6 is 0 Å². The summed E-state index contributed by atoms with van der Waals surface area (Å²) in [6, 6.07) is 4.58. The molecule has 0 bridgehead atoms. The molecule has 1 saturated carbocycles. The number of carbonyl (C=O) groups excluding carboxylic acids is 3. The number of likely N-dealkylation sites (tertiary alicyclic amines) is 1. The highest BCUT2D eigenvalue weighted by atomic mass is 19.4. The van der Waals surface area contributed by atoms with Crippen LogP contribution in [-0.4, -0.2) is 35.7 Å². The summed E-state index contributed by atoms with van der Waals surface area (Å²) in [5.74, 6) is 3.39. The van der Waals surface area contributed by atoms with Gasteiger partial charge in [-0.1, -0.05) is 30.7 Å². The van der Waals surface area contributed by atoms with Gasteiger partial charge in [-0.25, -0.2) is 0 Å². The summed E-state index contributed by atoms with van der Waals surface area (Å²) in [7, 11) is 0. The SMILES string of the molecule is O=C(CN1C(=O)C2CCCCC2C1=O)NCC#Cc1cccc(C(F)(F)F)c1. The van der Waals surface area contributed by atoms with Crippen LogP contribution in [0.2, 0.25) is 0 Å². The Kier molecular flexibility index (Phi) is 5.73. The number of carbonyl (C=O) groups is 3. The van der Waals surface area contributed by atoms with Crippen molar-refractivity contribution in [2.45, 2.75) is 31.9 Å². The number of rotatable bonds is 3. The van der Waals surface area contributed by atoms with Crippen LogP contribution in [0.4, 0.5) is 13.2 Å². The third-order valence-electron chi connectivity index (χ3n) is 5.03. The van der Waals surface area contributed by atoms with E-state index in [0.29, 0.717) is 12.8 Å². The fraction of sp³-hybridized carbons (Fsp3) is 0.450. The van der Waals surface area contributed by atoms with Crippen LogP contribution in [0.3, 0.4) is 0 Å². The molecule has 2 unspecified atom stereocenters. The second-order valence-corrected chi connectivity index (χ2v) is 6.92. The minimum atomic E-state index is -4.45. The zero-order valence-corrected chi connectivity index (χ0v) is 15.0. The maximum atomic E-state index is 12.7. The molecule has 0 aromatic heterocycles. The highest BCUT2D eigenvalue weighted by Crippen LogP contribution is 2.37. The van der Waals surface area contributed by atoms with Crippen LogP contribution < -0.4 is 5.32 Å². The van der Waals surface area contributed by atoms with Gasteiger partial charge in [-0.2, -0.15) is 13.2 Å². The van der Waals surface area contributed by atoms with Gasteiger partial charge >= 0.3 is 6.18 Å². The molecule has 2 aliphatic rings. The Labute approximate surface area is 160 Å². The molecule has 1 N–H and O–H groups in total. The summed E-state index contributed by atoms with van der Waals surface area (Å²) in [5.41, 5.74) is -0.617. The van der Waals surface area contributed by atoms with Crippen LogP contribution in [0, 0.1) is 23.7 Å². The molecule has 3 amide bonds. The van der Waals surface area contributed by atoms with Crippen molar-refractivity contribution in [3.63, 3.8) is 0 Å². The van der Waals surface area contributed by atoms with Crippen molar-refractivity contribution in [3.05, 3.63) is 35.4 Å². The summed E-state index contributed by atoms with van der Waals surface area (Å²) in [6.45, 7) is -0.450. The molecule has 1 saturated heterocycles. The van der Waals surface area contributed by atoms with Gasteiger partial charge < -0.3 is 5.32 Å². The number of imide groups is 1. The highest BCUT2D eigenvalue weighted by molar-refractivity contribution is 6.07. The standard InChI is InChI=1S/C20H19F3N2O3/c21-20(22,23)14-7-3-5-13(11-14)6-4-10-24-17(26)12-25-18(27)15-8-1-2-9-16(15)19(25)28/h3,5,7,11,15-16H,1-2,8-10,12H2,(H,24,26). The van der Waals surface area contributed by atoms with Crippen LogP contribution in [0.15, 0.2) is 24.3 Å². The molecule has 1 heterocycles. The molecular formula is C20H19F3N2O3. The van der Waals surface area contributed by atoms with Gasteiger partial charge in [0.25, 0.3) is 0 Å². The Hall–Kier alpha value is -2.82. The molecule has 0 radical (unpaired) electrons. The molecule has 0 spiro atoms. The summed E-state index contributed by atoms with van der Waals surface area (Å²) in [6.07, 6.45) is -1.28. The quantitative estimate of drug-likeness (QED) is 0.634. The maximum Gasteiger partial charge on any atom is 0.416 e. The van der Waals surface area contributed by atoms with Gasteiger partial charge in [-0.3, -0.25) is 19.3 Å². The Balaban J connectivity index is 1.53. The predicted molar refractivity (Wildman–Crippen MR) is 93.5 cm³/mol. The van der Waals surface area contributed by atoms with Gasteiger partial charge in [0, 0.05) is 5.56 Å². The molecule has 1 aromatic carbocycles. The fourth-order valence-corrected chi connectivity index (χ4v) is 3.65. The predicted octanol–water partition coefficient (Wildman–Crippen LogP) is 2.35. The second-order valence-electron chi connectivity index (χ2n) is 6.92. The zero-order valence-electron chi connectivity index (χ0n) is 15.0. The van der Waals surface area contributed by atoms with E-state index in [1.165, 1.54) is 12.1 Å². The van der Waals surface area contributed by atoms with E-state index in [0.717, 1.165) is 29.9 Å². The van der Waals surface area contributed by atoms with Gasteiger partial charge in [0.15, 0.2) is 0 Å². The lowest BCUT2D eigenvalue weighted by Gasteiger charge is -2.19. The number of benzene rings is 1. The lowest BCUT2D eigenvalue weighted by Crippen LogP contribution is -2.41. The molecule has 148 valence electrons. The summed E-state index contributed by atoms with van der Waals surface area (Å²) < 4.78 is 38.0. The first-order valence-electron chi connectivity index (χ1n) is 9.05. The summed E-state index contributed by atoms with van der Waals surface area (Å²) >= 11 is 0. The Morgan fingerprint density at radius 1 is 1.14 bits per heavy atom. The van der Waals surface area contributed by atoms with E-state index >= 15 is 0 Å². The van der Waals surface area contributed by atoms with Crippen molar-refractivity contribution in [3.8, 4) is 11.8 Å². The zero-order chi connectivity index (χ0) is 20.3. The maximum absolute atomic E-state index is 12.7. The van der Waals surface area contributed by atoms with Crippen LogP contribution in [0.1, 0.15) is 36.8 Å². The topological polar surface area (TPSA) is 66.5 Å². The lowest BCUT2D eigenvalue weighted by atomic mass is 9.81. The first-order chi connectivity index (χ1) is 13.3. The molecular weight excluding hydrogens is 373 g/mol. The minimum Gasteiger partial charge on any atom is -0.344 e. The first-order valence-corrected chi connectivity index (χ1v) is 9.05. The second kappa shape index (κ2) is 8.05. The van der Waals surface area contributed by atoms with E-state index in [9.17, 15) is 27.6 Å². The average molecular weight is 392 g/mol. The lowest BCUT2D eigenvalue weighted by molar-refractivity contribution is -0.143. The van der Waals surface area contributed by atoms with Gasteiger partial charge in [-0.15, -0.1) is 0 Å². The molecule has 2 fully saturated rings. The van der Waals surface area contributed by atoms with Gasteiger partial charge in [0.05, 0.1) is 23.9 Å². The van der Waals surface area contributed by atoms with Crippen molar-refractivity contribution >= 4 is 17.7 Å². The van der Waals surface area contributed by atoms with Crippen LogP contribution in [-0.2, 0) is 20.6 Å². The van der Waals surface area contributed by atoms with E-state index in [-0.39, 0.29) is 42.3 Å². The summed E-state index contributed by atoms with van der Waals surface area (Å²) in [5, 5.41) is 2.47. The number of alkyl halides is 3. The smallest absolute Gasteiger partial charge is 0.344 e. The molecule has 2 atom stereocenters. The van der Waals surface area contributed by atoms with Crippen molar-refractivity contribution in [2.75, 3.05) is 13.1 Å². The van der Waals surface area contributed by atoms with Crippen LogP contribution in [0.25, 0.3) is 0 Å². The normalized spacial score (nSPS) is 21.8. The van der Waals surface area contributed by atoms with E-state index in [1.54, 1.807) is 0 Å².